The lowest BCUT2D eigenvalue weighted by molar-refractivity contribution is 0.588. The van der Waals surface area contributed by atoms with Crippen LogP contribution < -0.4 is 4.31 Å². The second kappa shape index (κ2) is 8.84. The minimum Gasteiger partial charge on any atom is -0.262 e. The van der Waals surface area contributed by atoms with Crippen molar-refractivity contribution in [1.82, 2.24) is 0 Å². The predicted molar refractivity (Wildman–Crippen MR) is 125 cm³/mol. The molecule has 0 aliphatic heterocycles. The van der Waals surface area contributed by atoms with E-state index >= 15 is 0 Å². The average molecular weight is 421 g/mol. The zero-order chi connectivity index (χ0) is 21.8. The smallest absolute Gasteiger partial charge is 0.262 e. The van der Waals surface area contributed by atoms with Crippen LogP contribution >= 0.6 is 0 Å². The fourth-order valence-corrected chi connectivity index (χ4v) is 4.31. The Morgan fingerprint density at radius 2 is 1.37 bits per heavy atom. The van der Waals surface area contributed by atoms with E-state index in [2.05, 4.69) is 25.8 Å². The van der Waals surface area contributed by atoms with Crippen molar-refractivity contribution < 1.29 is 8.42 Å². The fraction of sp³-hybridized carbons (Fsp3) is 0.240. The molecule has 0 saturated carbocycles. The van der Waals surface area contributed by atoms with Gasteiger partial charge in [0, 0.05) is 5.71 Å². The maximum atomic E-state index is 13.4. The zero-order valence-electron chi connectivity index (χ0n) is 17.9. The van der Waals surface area contributed by atoms with Crippen LogP contribution in [0.2, 0.25) is 0 Å². The first-order valence-corrected chi connectivity index (χ1v) is 11.4. The highest BCUT2D eigenvalue weighted by Gasteiger charge is 2.25. The summed E-state index contributed by atoms with van der Waals surface area (Å²) in [6.45, 7) is 8.62. The van der Waals surface area contributed by atoms with Crippen molar-refractivity contribution in [1.29, 1.82) is 0 Å². The molecule has 0 fully saturated rings. The number of hydrogen-bond donors (Lipinski definition) is 0. The minimum absolute atomic E-state index is 0.0192. The summed E-state index contributed by atoms with van der Waals surface area (Å²) >= 11 is 0. The summed E-state index contributed by atoms with van der Waals surface area (Å²) in [5.74, 6) is 0. The van der Waals surface area contributed by atoms with Gasteiger partial charge in [0.15, 0.2) is 0 Å². The van der Waals surface area contributed by atoms with Gasteiger partial charge < -0.3 is 0 Å². The second-order valence-electron chi connectivity index (χ2n) is 8.27. The molecule has 3 aromatic carbocycles. The van der Waals surface area contributed by atoms with Crippen LogP contribution in [0.3, 0.4) is 0 Å². The third kappa shape index (κ3) is 5.16. The van der Waals surface area contributed by atoms with Gasteiger partial charge >= 0.3 is 0 Å². The number of rotatable bonds is 6. The Bertz CT molecular complexity index is 1100. The van der Waals surface area contributed by atoms with Crippen LogP contribution in [0.5, 0.6) is 0 Å². The maximum Gasteiger partial charge on any atom is 0.264 e. The van der Waals surface area contributed by atoms with Crippen LogP contribution in [-0.2, 0) is 16.6 Å². The van der Waals surface area contributed by atoms with E-state index in [1.807, 2.05) is 67.6 Å². The maximum absolute atomic E-state index is 13.4. The Kier molecular flexibility index (Phi) is 6.42. The molecule has 5 heteroatoms. The van der Waals surface area contributed by atoms with Gasteiger partial charge in [0.1, 0.15) is 0 Å². The second-order valence-corrected chi connectivity index (χ2v) is 10.1. The Labute approximate surface area is 180 Å². The molecule has 3 rings (SSSR count). The SMILES string of the molecule is CC(=Nc1ccc(N(Cc2ccccc2)S(=O)(=O)c2ccccc2)cc1)C(C)(C)C. The van der Waals surface area contributed by atoms with Gasteiger partial charge in [-0.2, -0.15) is 0 Å². The molecule has 0 atom stereocenters. The summed E-state index contributed by atoms with van der Waals surface area (Å²) in [7, 11) is -3.71. The molecule has 0 aliphatic rings. The van der Waals surface area contributed by atoms with Crippen LogP contribution in [0.15, 0.2) is 94.8 Å². The highest BCUT2D eigenvalue weighted by atomic mass is 32.2. The summed E-state index contributed by atoms with van der Waals surface area (Å²) in [5, 5.41) is 0. The van der Waals surface area contributed by atoms with Gasteiger partial charge in [-0.05, 0) is 54.3 Å². The number of hydrogen-bond acceptors (Lipinski definition) is 3. The molecule has 4 nitrogen and oxygen atoms in total. The number of benzene rings is 3. The molecule has 3 aromatic rings. The third-order valence-electron chi connectivity index (χ3n) is 5.02. The number of sulfonamides is 1. The monoisotopic (exact) mass is 420 g/mol. The van der Waals surface area contributed by atoms with E-state index in [1.165, 1.54) is 4.31 Å². The van der Waals surface area contributed by atoms with E-state index in [1.54, 1.807) is 24.3 Å². The molecular formula is C25H28N2O2S. The lowest BCUT2D eigenvalue weighted by Crippen LogP contribution is -2.30. The number of aliphatic imine (C=N–C) groups is 1. The predicted octanol–water partition coefficient (Wildman–Crippen LogP) is 6.22. The van der Waals surface area contributed by atoms with Crippen molar-refractivity contribution in [3.63, 3.8) is 0 Å². The molecule has 0 spiro atoms. The molecule has 0 aromatic heterocycles. The van der Waals surface area contributed by atoms with E-state index < -0.39 is 10.0 Å². The minimum atomic E-state index is -3.71. The Morgan fingerprint density at radius 3 is 1.90 bits per heavy atom. The molecule has 0 saturated heterocycles. The summed E-state index contributed by atoms with van der Waals surface area (Å²) in [6.07, 6.45) is 0. The summed E-state index contributed by atoms with van der Waals surface area (Å²) in [4.78, 5) is 4.95. The fourth-order valence-electron chi connectivity index (χ4n) is 2.84. The van der Waals surface area contributed by atoms with E-state index in [0.717, 1.165) is 17.0 Å². The van der Waals surface area contributed by atoms with Crippen molar-refractivity contribution in [2.45, 2.75) is 39.1 Å². The third-order valence-corrected chi connectivity index (χ3v) is 6.81. The van der Waals surface area contributed by atoms with E-state index in [-0.39, 0.29) is 16.9 Å². The normalized spacial score (nSPS) is 12.6. The van der Waals surface area contributed by atoms with Crippen LogP contribution in [0, 0.1) is 5.41 Å². The standard InChI is InChI=1S/C25H28N2O2S/c1-20(25(2,3)4)26-22-15-17-23(18-16-22)27(19-21-11-7-5-8-12-21)30(28,29)24-13-9-6-10-14-24/h5-18H,19H2,1-4H3. The molecule has 0 amide bonds. The van der Waals surface area contributed by atoms with E-state index in [9.17, 15) is 8.42 Å². The van der Waals surface area contributed by atoms with Gasteiger partial charge in [-0.3, -0.25) is 9.30 Å². The molecule has 0 N–H and O–H groups in total. The van der Waals surface area contributed by atoms with Crippen LogP contribution in [0.1, 0.15) is 33.3 Å². The van der Waals surface area contributed by atoms with Gasteiger partial charge in [0.05, 0.1) is 22.8 Å². The van der Waals surface area contributed by atoms with Crippen LogP contribution in [-0.4, -0.2) is 14.1 Å². The molecule has 0 radical (unpaired) electrons. The van der Waals surface area contributed by atoms with Gasteiger partial charge in [-0.1, -0.05) is 69.3 Å². The molecule has 156 valence electrons. The first kappa shape index (κ1) is 21.8. The number of nitrogens with zero attached hydrogens (tertiary/aromatic N) is 2. The quantitative estimate of drug-likeness (QED) is 0.444. The van der Waals surface area contributed by atoms with E-state index in [0.29, 0.717) is 5.69 Å². The molecular weight excluding hydrogens is 392 g/mol. The number of anilines is 1. The van der Waals surface area contributed by atoms with Crippen molar-refractivity contribution in [2.24, 2.45) is 10.4 Å². The van der Waals surface area contributed by atoms with E-state index in [4.69, 9.17) is 0 Å². The molecule has 0 aliphatic carbocycles. The Balaban J connectivity index is 2.00. The highest BCUT2D eigenvalue weighted by molar-refractivity contribution is 7.92. The molecule has 0 heterocycles. The van der Waals surface area contributed by atoms with Crippen molar-refractivity contribution in [3.8, 4) is 0 Å². The summed E-state index contributed by atoms with van der Waals surface area (Å²) in [5.41, 5.74) is 3.34. The lowest BCUT2D eigenvalue weighted by Gasteiger charge is -2.25. The lowest BCUT2D eigenvalue weighted by atomic mass is 9.91. The van der Waals surface area contributed by atoms with Crippen LogP contribution in [0.25, 0.3) is 0 Å². The van der Waals surface area contributed by atoms with Crippen molar-refractivity contribution >= 4 is 27.1 Å². The van der Waals surface area contributed by atoms with Crippen molar-refractivity contribution in [3.05, 3.63) is 90.5 Å². The van der Waals surface area contributed by atoms with Gasteiger partial charge in [0.25, 0.3) is 10.0 Å². The first-order chi connectivity index (χ1) is 14.2. The van der Waals surface area contributed by atoms with Gasteiger partial charge in [0.2, 0.25) is 0 Å². The van der Waals surface area contributed by atoms with Crippen molar-refractivity contribution in [2.75, 3.05) is 4.31 Å². The first-order valence-electron chi connectivity index (χ1n) is 9.95. The summed E-state index contributed by atoms with van der Waals surface area (Å²) in [6, 6.07) is 25.5. The molecule has 0 unspecified atom stereocenters. The largest absolute Gasteiger partial charge is 0.264 e. The average Bonchev–Trinajstić information content (AvgIpc) is 2.73. The molecule has 30 heavy (non-hydrogen) atoms. The molecule has 0 bridgehead atoms. The van der Waals surface area contributed by atoms with Gasteiger partial charge in [-0.15, -0.1) is 0 Å². The topological polar surface area (TPSA) is 49.7 Å². The Hall–Kier alpha value is -2.92. The van der Waals surface area contributed by atoms with Crippen LogP contribution in [0.4, 0.5) is 11.4 Å². The highest BCUT2D eigenvalue weighted by Crippen LogP contribution is 2.29. The zero-order valence-corrected chi connectivity index (χ0v) is 18.7. The summed E-state index contributed by atoms with van der Waals surface area (Å²) < 4.78 is 28.3. The van der Waals surface area contributed by atoms with Gasteiger partial charge in [-0.25, -0.2) is 8.42 Å². The Morgan fingerprint density at radius 1 is 0.833 bits per heavy atom.